The third-order valence-electron chi connectivity index (χ3n) is 4.44. The lowest BCUT2D eigenvalue weighted by Crippen LogP contribution is -2.34. The second-order valence-electron chi connectivity index (χ2n) is 6.26. The van der Waals surface area contributed by atoms with Crippen LogP contribution in [0.5, 0.6) is 0 Å². The molecule has 1 N–H and O–H groups in total. The van der Waals surface area contributed by atoms with Crippen molar-refractivity contribution in [2.75, 3.05) is 11.4 Å². The van der Waals surface area contributed by atoms with Gasteiger partial charge in [-0.1, -0.05) is 18.2 Å². The first-order valence-electron chi connectivity index (χ1n) is 8.17. The maximum absolute atomic E-state index is 13.9. The number of carbonyl (C=O) groups is 2. The van der Waals surface area contributed by atoms with Gasteiger partial charge in [0.25, 0.3) is 0 Å². The predicted octanol–water partition coefficient (Wildman–Crippen LogP) is 3.33. The van der Waals surface area contributed by atoms with Gasteiger partial charge in [0.1, 0.15) is 5.82 Å². The molecule has 1 aliphatic heterocycles. The van der Waals surface area contributed by atoms with Crippen molar-refractivity contribution < 1.29 is 22.8 Å². The number of para-hydroxylation sites is 1. The Morgan fingerprint density at radius 1 is 1.12 bits per heavy atom. The number of hydrogen-bond acceptors (Lipinski definition) is 2. The first kappa shape index (κ1) is 18.0. The van der Waals surface area contributed by atoms with Gasteiger partial charge in [0, 0.05) is 13.0 Å². The Morgan fingerprint density at radius 3 is 2.54 bits per heavy atom. The summed E-state index contributed by atoms with van der Waals surface area (Å²) in [5.74, 6) is -3.86. The molecule has 2 amide bonds. The van der Waals surface area contributed by atoms with E-state index < -0.39 is 35.3 Å². The number of anilines is 1. The number of rotatable bonds is 4. The van der Waals surface area contributed by atoms with Gasteiger partial charge in [0.15, 0.2) is 11.6 Å². The monoisotopic (exact) mass is 362 g/mol. The fraction of sp³-hybridized carbons (Fsp3) is 0.263. The molecule has 1 aliphatic rings. The summed E-state index contributed by atoms with van der Waals surface area (Å²) in [5, 5.41) is 2.69. The van der Waals surface area contributed by atoms with Gasteiger partial charge in [-0.25, -0.2) is 13.2 Å². The van der Waals surface area contributed by atoms with Crippen LogP contribution in [0, 0.1) is 23.4 Å². The molecule has 136 valence electrons. The zero-order valence-corrected chi connectivity index (χ0v) is 14.0. The maximum atomic E-state index is 13.9. The van der Waals surface area contributed by atoms with Crippen LogP contribution in [-0.2, 0) is 9.59 Å². The molecule has 0 bridgehead atoms. The van der Waals surface area contributed by atoms with E-state index in [0.717, 1.165) is 12.1 Å². The van der Waals surface area contributed by atoms with E-state index in [1.807, 2.05) is 0 Å². The smallest absolute Gasteiger partial charge is 0.227 e. The van der Waals surface area contributed by atoms with Crippen molar-refractivity contribution in [3.63, 3.8) is 0 Å². The molecule has 0 aliphatic carbocycles. The molecular weight excluding hydrogens is 345 g/mol. The van der Waals surface area contributed by atoms with Crippen LogP contribution < -0.4 is 10.2 Å². The molecule has 26 heavy (non-hydrogen) atoms. The van der Waals surface area contributed by atoms with Crippen LogP contribution in [0.3, 0.4) is 0 Å². The third-order valence-corrected chi connectivity index (χ3v) is 4.44. The Labute approximate surface area is 148 Å². The Kier molecular flexibility index (Phi) is 4.97. The first-order chi connectivity index (χ1) is 12.4. The molecule has 1 heterocycles. The third kappa shape index (κ3) is 3.56. The van der Waals surface area contributed by atoms with E-state index in [1.165, 1.54) is 29.2 Å². The summed E-state index contributed by atoms with van der Waals surface area (Å²) in [5.41, 5.74) is 0.550. The van der Waals surface area contributed by atoms with E-state index in [-0.39, 0.29) is 24.6 Å². The molecule has 2 unspecified atom stereocenters. The topological polar surface area (TPSA) is 49.4 Å². The molecule has 1 saturated heterocycles. The summed E-state index contributed by atoms with van der Waals surface area (Å²) in [6, 6.07) is 8.71. The molecule has 0 saturated carbocycles. The van der Waals surface area contributed by atoms with Gasteiger partial charge in [-0.15, -0.1) is 0 Å². The normalized spacial score (nSPS) is 18.1. The minimum absolute atomic E-state index is 0.0370. The minimum atomic E-state index is -0.995. The Morgan fingerprint density at radius 2 is 1.85 bits per heavy atom. The number of nitrogens with zero attached hydrogens (tertiary/aromatic N) is 1. The highest BCUT2D eigenvalue weighted by Gasteiger charge is 2.36. The summed E-state index contributed by atoms with van der Waals surface area (Å²) in [4.78, 5) is 25.9. The van der Waals surface area contributed by atoms with Crippen LogP contribution in [0.15, 0.2) is 42.5 Å². The highest BCUT2D eigenvalue weighted by molar-refractivity contribution is 6.00. The summed E-state index contributed by atoms with van der Waals surface area (Å²) < 4.78 is 40.2. The van der Waals surface area contributed by atoms with Crippen molar-refractivity contribution in [3.8, 4) is 0 Å². The van der Waals surface area contributed by atoms with E-state index in [0.29, 0.717) is 5.56 Å². The predicted molar refractivity (Wildman–Crippen MR) is 89.8 cm³/mol. The maximum Gasteiger partial charge on any atom is 0.227 e. The van der Waals surface area contributed by atoms with E-state index in [4.69, 9.17) is 0 Å². The van der Waals surface area contributed by atoms with Crippen LogP contribution in [0.2, 0.25) is 0 Å². The van der Waals surface area contributed by atoms with Gasteiger partial charge in [-0.05, 0) is 36.8 Å². The van der Waals surface area contributed by atoms with Crippen molar-refractivity contribution in [3.05, 3.63) is 65.5 Å². The lowest BCUT2D eigenvalue weighted by Gasteiger charge is -2.19. The van der Waals surface area contributed by atoms with Gasteiger partial charge in [0.2, 0.25) is 11.8 Å². The number of halogens is 3. The number of amides is 2. The first-order valence-corrected chi connectivity index (χ1v) is 8.17. The quantitative estimate of drug-likeness (QED) is 0.907. The fourth-order valence-electron chi connectivity index (χ4n) is 2.98. The summed E-state index contributed by atoms with van der Waals surface area (Å²) >= 11 is 0. The lowest BCUT2D eigenvalue weighted by atomic mass is 10.0. The largest absolute Gasteiger partial charge is 0.349 e. The molecule has 2 aromatic carbocycles. The van der Waals surface area contributed by atoms with Crippen molar-refractivity contribution in [1.29, 1.82) is 0 Å². The van der Waals surface area contributed by atoms with E-state index >= 15 is 0 Å². The van der Waals surface area contributed by atoms with Crippen LogP contribution >= 0.6 is 0 Å². The fourth-order valence-corrected chi connectivity index (χ4v) is 2.98. The van der Waals surface area contributed by atoms with Crippen LogP contribution in [0.1, 0.15) is 24.9 Å². The minimum Gasteiger partial charge on any atom is -0.349 e. The van der Waals surface area contributed by atoms with E-state index in [1.54, 1.807) is 13.0 Å². The molecular formula is C19H17F3N2O2. The second-order valence-corrected chi connectivity index (χ2v) is 6.26. The number of nitrogens with one attached hydrogen (secondary N) is 1. The molecule has 2 aromatic rings. The molecule has 0 radical (unpaired) electrons. The SMILES string of the molecule is CC(NC(=O)C1CC(=O)N(c2ccccc2F)C1)c1ccc(F)c(F)c1. The standard InChI is InChI=1S/C19H17F3N2O2/c1-11(12-6-7-14(20)16(22)8-12)23-19(26)13-9-18(25)24(10-13)17-5-3-2-4-15(17)21/h2-8,11,13H,9-10H2,1H3,(H,23,26). The number of hydrogen-bond donors (Lipinski definition) is 1. The highest BCUT2D eigenvalue weighted by Crippen LogP contribution is 2.28. The molecule has 1 fully saturated rings. The average Bonchev–Trinajstić information content (AvgIpc) is 2.99. The van der Waals surface area contributed by atoms with Crippen molar-refractivity contribution in [2.24, 2.45) is 5.92 Å². The van der Waals surface area contributed by atoms with Gasteiger partial charge < -0.3 is 10.2 Å². The second kappa shape index (κ2) is 7.19. The van der Waals surface area contributed by atoms with Crippen molar-refractivity contribution in [1.82, 2.24) is 5.32 Å². The summed E-state index contributed by atoms with van der Waals surface area (Å²) in [6.07, 6.45) is -0.0370. The lowest BCUT2D eigenvalue weighted by molar-refractivity contribution is -0.126. The van der Waals surface area contributed by atoms with Crippen LogP contribution in [0.4, 0.5) is 18.9 Å². The Hall–Kier alpha value is -2.83. The highest BCUT2D eigenvalue weighted by atomic mass is 19.2. The van der Waals surface area contributed by atoms with Crippen molar-refractivity contribution in [2.45, 2.75) is 19.4 Å². The Balaban J connectivity index is 1.68. The van der Waals surface area contributed by atoms with Crippen LogP contribution in [0.25, 0.3) is 0 Å². The van der Waals surface area contributed by atoms with Crippen LogP contribution in [-0.4, -0.2) is 18.4 Å². The average molecular weight is 362 g/mol. The summed E-state index contributed by atoms with van der Waals surface area (Å²) in [6.45, 7) is 1.70. The number of carbonyl (C=O) groups excluding carboxylic acids is 2. The van der Waals surface area contributed by atoms with E-state index in [2.05, 4.69) is 5.32 Å². The zero-order chi connectivity index (χ0) is 18.8. The van der Waals surface area contributed by atoms with Gasteiger partial charge in [0.05, 0.1) is 17.6 Å². The van der Waals surface area contributed by atoms with E-state index in [9.17, 15) is 22.8 Å². The van der Waals surface area contributed by atoms with Gasteiger partial charge in [-0.2, -0.15) is 0 Å². The molecule has 0 spiro atoms. The Bertz CT molecular complexity index is 856. The molecule has 3 rings (SSSR count). The molecule has 4 nitrogen and oxygen atoms in total. The summed E-state index contributed by atoms with van der Waals surface area (Å²) in [7, 11) is 0. The zero-order valence-electron chi connectivity index (χ0n) is 14.0. The molecule has 0 aromatic heterocycles. The number of benzene rings is 2. The van der Waals surface area contributed by atoms with Gasteiger partial charge >= 0.3 is 0 Å². The molecule has 2 atom stereocenters. The van der Waals surface area contributed by atoms with Gasteiger partial charge in [-0.3, -0.25) is 9.59 Å². The van der Waals surface area contributed by atoms with Crippen molar-refractivity contribution >= 4 is 17.5 Å². The molecule has 7 heteroatoms.